The van der Waals surface area contributed by atoms with Crippen LogP contribution in [-0.4, -0.2) is 22.9 Å². The third-order valence-electron chi connectivity index (χ3n) is 5.02. The van der Waals surface area contributed by atoms with E-state index in [9.17, 15) is 18.0 Å². The van der Waals surface area contributed by atoms with Gasteiger partial charge in [-0.15, -0.1) is 0 Å². The zero-order valence-electron chi connectivity index (χ0n) is 18.2. The van der Waals surface area contributed by atoms with Gasteiger partial charge in [0, 0.05) is 5.39 Å². The van der Waals surface area contributed by atoms with Gasteiger partial charge >= 0.3 is 6.18 Å². The molecule has 0 aliphatic rings. The third-order valence-corrected chi connectivity index (χ3v) is 5.92. The van der Waals surface area contributed by atoms with Crippen molar-refractivity contribution in [3.63, 3.8) is 0 Å². The molecule has 0 aliphatic heterocycles. The fraction of sp³-hybridized carbons (Fsp3) is 0.115. The van der Waals surface area contributed by atoms with Crippen molar-refractivity contribution in [2.45, 2.75) is 18.1 Å². The lowest BCUT2D eigenvalue weighted by molar-refractivity contribution is -0.137. The molecule has 172 valence electrons. The molecule has 0 saturated heterocycles. The Hall–Kier alpha value is -3.65. The van der Waals surface area contributed by atoms with Crippen molar-refractivity contribution in [2.75, 3.05) is 10.8 Å². The highest BCUT2D eigenvalue weighted by Gasteiger charge is 2.31. The molecule has 0 fully saturated rings. The highest BCUT2D eigenvalue weighted by molar-refractivity contribution is 7.99. The number of nitrogens with zero attached hydrogens (tertiary/aromatic N) is 3. The molecule has 0 spiro atoms. The number of benzene rings is 3. The summed E-state index contributed by atoms with van der Waals surface area (Å²) in [5.74, 6) is -0.517. The minimum Gasteiger partial charge on any atom is -0.272 e. The molecule has 1 aromatic heterocycles. The summed E-state index contributed by atoms with van der Waals surface area (Å²) in [6.07, 6.45) is -3.09. The number of hydrogen-bond donors (Lipinski definition) is 0. The van der Waals surface area contributed by atoms with E-state index in [2.05, 4.69) is 10.1 Å². The summed E-state index contributed by atoms with van der Waals surface area (Å²) in [7, 11) is 0. The number of para-hydroxylation sites is 1. The Kier molecular flexibility index (Phi) is 6.98. The summed E-state index contributed by atoms with van der Waals surface area (Å²) in [5, 5.41) is 6.91. The topological polar surface area (TPSA) is 45.6 Å². The van der Waals surface area contributed by atoms with Gasteiger partial charge in [0.2, 0.25) is 0 Å². The van der Waals surface area contributed by atoms with Gasteiger partial charge in [-0.2, -0.15) is 18.3 Å². The van der Waals surface area contributed by atoms with Gasteiger partial charge in [0.15, 0.2) is 0 Å². The van der Waals surface area contributed by atoms with Crippen LogP contribution in [0.2, 0.25) is 0 Å². The van der Waals surface area contributed by atoms with Gasteiger partial charge in [0.05, 0.1) is 33.8 Å². The van der Waals surface area contributed by atoms with Crippen LogP contribution in [0.1, 0.15) is 16.7 Å². The van der Waals surface area contributed by atoms with Crippen LogP contribution in [0, 0.1) is 6.92 Å². The van der Waals surface area contributed by atoms with Gasteiger partial charge in [0.25, 0.3) is 5.91 Å². The molecule has 0 radical (unpaired) electrons. The van der Waals surface area contributed by atoms with Crippen molar-refractivity contribution in [1.82, 2.24) is 4.98 Å². The summed E-state index contributed by atoms with van der Waals surface area (Å²) < 4.78 is 39.8. The van der Waals surface area contributed by atoms with Gasteiger partial charge in [0.1, 0.15) is 0 Å². The molecule has 1 heterocycles. The SMILES string of the molecule is Cc1cc(SCC(=O)N(/N=C/c2ccccc2)c2cccc(C(F)(F)F)c2)nc2ccccc12. The maximum absolute atomic E-state index is 13.3. The number of aryl methyl sites for hydroxylation is 1. The monoisotopic (exact) mass is 479 g/mol. The number of pyridine rings is 1. The largest absolute Gasteiger partial charge is 0.416 e. The van der Waals surface area contributed by atoms with Gasteiger partial charge in [-0.3, -0.25) is 4.79 Å². The lowest BCUT2D eigenvalue weighted by atomic mass is 10.1. The van der Waals surface area contributed by atoms with E-state index in [1.165, 1.54) is 30.1 Å². The number of halogens is 3. The highest BCUT2D eigenvalue weighted by atomic mass is 32.2. The van der Waals surface area contributed by atoms with E-state index in [4.69, 9.17) is 0 Å². The molecule has 0 atom stereocenters. The lowest BCUT2D eigenvalue weighted by Gasteiger charge is -2.18. The molecule has 34 heavy (non-hydrogen) atoms. The molecule has 0 bridgehead atoms. The number of amides is 1. The molecule has 4 nitrogen and oxygen atoms in total. The van der Waals surface area contributed by atoms with Crippen LogP contribution in [-0.2, 0) is 11.0 Å². The number of hydrogen-bond acceptors (Lipinski definition) is 4. The van der Waals surface area contributed by atoms with Crippen LogP contribution in [0.5, 0.6) is 0 Å². The van der Waals surface area contributed by atoms with E-state index in [1.807, 2.05) is 43.3 Å². The van der Waals surface area contributed by atoms with Crippen molar-refractivity contribution in [2.24, 2.45) is 5.10 Å². The quantitative estimate of drug-likeness (QED) is 0.175. The van der Waals surface area contributed by atoms with Crippen LogP contribution in [0.15, 0.2) is 95.1 Å². The second-order valence-corrected chi connectivity index (χ2v) is 8.49. The number of fused-ring (bicyclic) bond motifs is 1. The number of alkyl halides is 3. The molecule has 1 amide bonds. The summed E-state index contributed by atoms with van der Waals surface area (Å²) in [5.41, 5.74) is 1.74. The molecule has 4 aromatic rings. The summed E-state index contributed by atoms with van der Waals surface area (Å²) in [6, 6.07) is 23.2. The van der Waals surface area contributed by atoms with Gasteiger partial charge < -0.3 is 0 Å². The summed E-state index contributed by atoms with van der Waals surface area (Å²) in [6.45, 7) is 1.97. The molecule has 0 aliphatic carbocycles. The number of anilines is 1. The predicted octanol–water partition coefficient (Wildman–Crippen LogP) is 6.72. The normalized spacial score (nSPS) is 11.8. The van der Waals surface area contributed by atoms with E-state index < -0.39 is 17.6 Å². The van der Waals surface area contributed by atoms with Crippen molar-refractivity contribution >= 4 is 40.5 Å². The zero-order chi connectivity index (χ0) is 24.1. The first-order chi connectivity index (χ1) is 16.3. The average Bonchev–Trinajstić information content (AvgIpc) is 2.83. The van der Waals surface area contributed by atoms with Crippen LogP contribution in [0.3, 0.4) is 0 Å². The van der Waals surface area contributed by atoms with E-state index in [0.717, 1.165) is 33.6 Å². The number of hydrazone groups is 1. The Bertz CT molecular complexity index is 1340. The van der Waals surface area contributed by atoms with Crippen molar-refractivity contribution < 1.29 is 18.0 Å². The van der Waals surface area contributed by atoms with Gasteiger partial charge in [-0.1, -0.05) is 66.4 Å². The zero-order valence-corrected chi connectivity index (χ0v) is 19.0. The molecule has 4 rings (SSSR count). The Labute approximate surface area is 199 Å². The maximum Gasteiger partial charge on any atom is 0.416 e. The maximum atomic E-state index is 13.3. The van der Waals surface area contributed by atoms with Crippen molar-refractivity contribution in [3.05, 3.63) is 102 Å². The molecule has 0 saturated carbocycles. The fourth-order valence-corrected chi connectivity index (χ4v) is 4.16. The van der Waals surface area contributed by atoms with Crippen LogP contribution in [0.4, 0.5) is 18.9 Å². The first-order valence-electron chi connectivity index (χ1n) is 10.4. The third kappa shape index (κ3) is 5.63. The first-order valence-corrected chi connectivity index (χ1v) is 11.4. The average molecular weight is 480 g/mol. The second-order valence-electron chi connectivity index (χ2n) is 7.49. The highest BCUT2D eigenvalue weighted by Crippen LogP contribution is 2.32. The number of carbonyl (C=O) groups excluding carboxylic acids is 1. The Morgan fingerprint density at radius 2 is 1.74 bits per heavy atom. The van der Waals surface area contributed by atoms with E-state index >= 15 is 0 Å². The minimum atomic E-state index is -4.53. The van der Waals surface area contributed by atoms with Crippen LogP contribution in [0.25, 0.3) is 10.9 Å². The summed E-state index contributed by atoms with van der Waals surface area (Å²) in [4.78, 5) is 17.7. The van der Waals surface area contributed by atoms with Crippen LogP contribution < -0.4 is 5.01 Å². The molecular weight excluding hydrogens is 459 g/mol. The van der Waals surface area contributed by atoms with E-state index in [-0.39, 0.29) is 11.4 Å². The Morgan fingerprint density at radius 1 is 1.00 bits per heavy atom. The fourth-order valence-electron chi connectivity index (χ4n) is 3.34. The molecule has 3 aromatic carbocycles. The summed E-state index contributed by atoms with van der Waals surface area (Å²) >= 11 is 1.21. The molecule has 0 unspecified atom stereocenters. The van der Waals surface area contributed by atoms with Crippen molar-refractivity contribution in [3.8, 4) is 0 Å². The Balaban J connectivity index is 1.61. The number of carbonyl (C=O) groups is 1. The minimum absolute atomic E-state index is 0.0373. The van der Waals surface area contributed by atoms with Gasteiger partial charge in [-0.25, -0.2) is 9.99 Å². The predicted molar refractivity (Wildman–Crippen MR) is 130 cm³/mol. The molecular formula is C26H20F3N3OS. The number of rotatable bonds is 6. The van der Waals surface area contributed by atoms with Crippen LogP contribution >= 0.6 is 11.8 Å². The Morgan fingerprint density at radius 3 is 2.50 bits per heavy atom. The van der Waals surface area contributed by atoms with E-state index in [0.29, 0.717) is 10.6 Å². The van der Waals surface area contributed by atoms with Gasteiger partial charge in [-0.05, 0) is 48.4 Å². The lowest BCUT2D eigenvalue weighted by Crippen LogP contribution is -2.27. The molecule has 0 N–H and O–H groups in total. The number of aromatic nitrogens is 1. The molecule has 8 heteroatoms. The second kappa shape index (κ2) is 10.1. The first kappa shape index (κ1) is 23.5. The number of thioether (sulfide) groups is 1. The van der Waals surface area contributed by atoms with E-state index in [1.54, 1.807) is 24.3 Å². The smallest absolute Gasteiger partial charge is 0.272 e. The standard InChI is InChI=1S/C26H20F3N3OS/c1-18-14-24(31-23-13-6-5-12-22(18)23)34-17-25(33)32(30-16-19-8-3-2-4-9-19)21-11-7-10-20(15-21)26(27,28)29/h2-16H,17H2,1H3/b30-16+. The van der Waals surface area contributed by atoms with Crippen molar-refractivity contribution in [1.29, 1.82) is 0 Å².